The van der Waals surface area contributed by atoms with Gasteiger partial charge in [0.2, 0.25) is 0 Å². The molecular formula is C10H18F3NO. The number of halogens is 3. The van der Waals surface area contributed by atoms with Crippen molar-refractivity contribution in [2.45, 2.75) is 45.0 Å². The summed E-state index contributed by atoms with van der Waals surface area (Å²) in [6.45, 7) is 4.44. The lowest BCUT2D eigenvalue weighted by atomic mass is 9.91. The first-order valence-electron chi connectivity index (χ1n) is 5.33. The second kappa shape index (κ2) is 5.16. The van der Waals surface area contributed by atoms with Gasteiger partial charge < -0.3 is 10.1 Å². The first-order chi connectivity index (χ1) is 6.91. The van der Waals surface area contributed by atoms with Crippen LogP contribution >= 0.6 is 0 Å². The lowest BCUT2D eigenvalue weighted by molar-refractivity contribution is -0.193. The highest BCUT2D eigenvalue weighted by Gasteiger charge is 2.45. The minimum Gasteiger partial charge on any atom is -0.377 e. The fourth-order valence-electron chi connectivity index (χ4n) is 1.82. The molecule has 0 spiro atoms. The van der Waals surface area contributed by atoms with Gasteiger partial charge in [-0.05, 0) is 33.2 Å². The van der Waals surface area contributed by atoms with Crippen molar-refractivity contribution in [2.24, 2.45) is 5.92 Å². The predicted octanol–water partition coefficient (Wildman–Crippen LogP) is 2.34. The maximum atomic E-state index is 12.6. The number of piperidine rings is 1. The van der Waals surface area contributed by atoms with Crippen molar-refractivity contribution >= 4 is 0 Å². The van der Waals surface area contributed by atoms with E-state index in [9.17, 15) is 13.2 Å². The van der Waals surface area contributed by atoms with Gasteiger partial charge in [-0.25, -0.2) is 0 Å². The van der Waals surface area contributed by atoms with Crippen LogP contribution in [0.5, 0.6) is 0 Å². The quantitative estimate of drug-likeness (QED) is 0.796. The molecule has 0 aromatic heterocycles. The smallest absolute Gasteiger partial charge is 0.377 e. The lowest BCUT2D eigenvalue weighted by Crippen LogP contribution is -2.50. The Balaban J connectivity index is 2.50. The number of nitrogens with one attached hydrogen (secondary N) is 1. The normalized spacial score (nSPS) is 28.4. The first-order valence-corrected chi connectivity index (χ1v) is 5.33. The number of hydrogen-bond donors (Lipinski definition) is 1. The molecule has 0 aromatic carbocycles. The van der Waals surface area contributed by atoms with E-state index in [0.29, 0.717) is 13.0 Å². The van der Waals surface area contributed by atoms with Crippen molar-refractivity contribution < 1.29 is 17.9 Å². The van der Waals surface area contributed by atoms with Crippen LogP contribution in [0, 0.1) is 5.92 Å². The number of rotatable bonds is 3. The maximum absolute atomic E-state index is 12.6. The van der Waals surface area contributed by atoms with Crippen molar-refractivity contribution in [3.63, 3.8) is 0 Å². The second-order valence-electron chi connectivity index (χ2n) is 4.23. The van der Waals surface area contributed by atoms with Crippen molar-refractivity contribution in [2.75, 3.05) is 13.2 Å². The molecule has 15 heavy (non-hydrogen) atoms. The summed E-state index contributed by atoms with van der Waals surface area (Å²) >= 11 is 0. The molecule has 1 rings (SSSR count). The van der Waals surface area contributed by atoms with Crippen LogP contribution < -0.4 is 5.32 Å². The first kappa shape index (κ1) is 12.8. The fraction of sp³-hybridized carbons (Fsp3) is 1.00. The average molecular weight is 225 g/mol. The van der Waals surface area contributed by atoms with E-state index < -0.39 is 18.1 Å². The molecule has 1 heterocycles. The van der Waals surface area contributed by atoms with Gasteiger partial charge in [0, 0.05) is 6.04 Å². The molecule has 1 aliphatic rings. The Kier molecular flexibility index (Phi) is 4.40. The molecule has 2 atom stereocenters. The van der Waals surface area contributed by atoms with Crippen LogP contribution in [0.1, 0.15) is 26.7 Å². The zero-order valence-corrected chi connectivity index (χ0v) is 9.10. The fourth-order valence-corrected chi connectivity index (χ4v) is 1.82. The van der Waals surface area contributed by atoms with Gasteiger partial charge >= 0.3 is 6.18 Å². The Labute approximate surface area is 88.2 Å². The van der Waals surface area contributed by atoms with Crippen molar-refractivity contribution in [1.29, 1.82) is 0 Å². The largest absolute Gasteiger partial charge is 0.393 e. The van der Waals surface area contributed by atoms with Crippen LogP contribution in [0.15, 0.2) is 0 Å². The summed E-state index contributed by atoms with van der Waals surface area (Å²) in [6.07, 6.45) is -3.34. The molecule has 1 fully saturated rings. The Hall–Kier alpha value is -0.290. The van der Waals surface area contributed by atoms with Crippen LogP contribution in [0.2, 0.25) is 0 Å². The third kappa shape index (κ3) is 3.99. The van der Waals surface area contributed by atoms with E-state index in [1.165, 1.54) is 0 Å². The van der Waals surface area contributed by atoms with Crippen LogP contribution in [-0.4, -0.2) is 31.5 Å². The number of ether oxygens (including phenoxy) is 1. The topological polar surface area (TPSA) is 21.3 Å². The third-order valence-corrected chi connectivity index (χ3v) is 2.61. The molecule has 0 aliphatic carbocycles. The summed E-state index contributed by atoms with van der Waals surface area (Å²) in [7, 11) is 0. The average Bonchev–Trinajstić information content (AvgIpc) is 2.13. The van der Waals surface area contributed by atoms with E-state index in [2.05, 4.69) is 5.32 Å². The molecule has 0 amide bonds. The Morgan fingerprint density at radius 3 is 2.60 bits per heavy atom. The summed E-state index contributed by atoms with van der Waals surface area (Å²) in [6, 6.07) is -0.582. The van der Waals surface area contributed by atoms with E-state index in [0.717, 1.165) is 0 Å². The van der Waals surface area contributed by atoms with E-state index in [1.807, 2.05) is 13.8 Å². The zero-order chi connectivity index (χ0) is 11.5. The van der Waals surface area contributed by atoms with Crippen LogP contribution in [0.25, 0.3) is 0 Å². The molecule has 1 saturated heterocycles. The Morgan fingerprint density at radius 1 is 1.40 bits per heavy atom. The zero-order valence-electron chi connectivity index (χ0n) is 9.10. The highest BCUT2D eigenvalue weighted by atomic mass is 19.4. The summed E-state index contributed by atoms with van der Waals surface area (Å²) in [5, 5.41) is 2.89. The summed E-state index contributed by atoms with van der Waals surface area (Å²) in [4.78, 5) is 0. The van der Waals surface area contributed by atoms with Crippen molar-refractivity contribution in [3.05, 3.63) is 0 Å². The number of hydrogen-bond acceptors (Lipinski definition) is 2. The minimum absolute atomic E-state index is 0.0254. The summed E-state index contributed by atoms with van der Waals surface area (Å²) in [5.41, 5.74) is 0. The van der Waals surface area contributed by atoms with Crippen LogP contribution in [0.3, 0.4) is 0 Å². The SMILES string of the molecule is CC(C)OCC1NCCCC1C(F)(F)F. The molecule has 1 N–H and O–H groups in total. The van der Waals surface area contributed by atoms with Gasteiger partial charge in [0.25, 0.3) is 0 Å². The Morgan fingerprint density at radius 2 is 2.07 bits per heavy atom. The standard InChI is InChI=1S/C10H18F3NO/c1-7(2)15-6-9-8(10(11,12)13)4-3-5-14-9/h7-9,14H,3-6H2,1-2H3. The van der Waals surface area contributed by atoms with Gasteiger partial charge in [-0.3, -0.25) is 0 Å². The van der Waals surface area contributed by atoms with E-state index in [-0.39, 0.29) is 19.1 Å². The Bertz CT molecular complexity index is 194. The molecule has 2 nitrogen and oxygen atoms in total. The third-order valence-electron chi connectivity index (χ3n) is 2.61. The summed E-state index contributed by atoms with van der Waals surface area (Å²) < 4.78 is 43.1. The van der Waals surface area contributed by atoms with Crippen molar-refractivity contribution in [1.82, 2.24) is 5.32 Å². The van der Waals surface area contributed by atoms with E-state index in [1.54, 1.807) is 0 Å². The van der Waals surface area contributed by atoms with Gasteiger partial charge in [-0.2, -0.15) is 13.2 Å². The molecule has 0 bridgehead atoms. The van der Waals surface area contributed by atoms with E-state index in [4.69, 9.17) is 4.74 Å². The molecule has 0 aromatic rings. The minimum atomic E-state index is -4.11. The van der Waals surface area contributed by atoms with Gasteiger partial charge in [0.15, 0.2) is 0 Å². The molecule has 2 unspecified atom stereocenters. The monoisotopic (exact) mass is 225 g/mol. The van der Waals surface area contributed by atoms with Crippen LogP contribution in [0.4, 0.5) is 13.2 Å². The van der Waals surface area contributed by atoms with Gasteiger partial charge in [-0.15, -0.1) is 0 Å². The highest BCUT2D eigenvalue weighted by molar-refractivity contribution is 4.85. The molecule has 0 radical (unpaired) electrons. The van der Waals surface area contributed by atoms with Gasteiger partial charge in [-0.1, -0.05) is 0 Å². The maximum Gasteiger partial charge on any atom is 0.393 e. The van der Waals surface area contributed by atoms with Gasteiger partial charge in [0.1, 0.15) is 0 Å². The molecule has 0 saturated carbocycles. The molecular weight excluding hydrogens is 207 g/mol. The molecule has 1 aliphatic heterocycles. The highest BCUT2D eigenvalue weighted by Crippen LogP contribution is 2.34. The van der Waals surface area contributed by atoms with Crippen molar-refractivity contribution in [3.8, 4) is 0 Å². The second-order valence-corrected chi connectivity index (χ2v) is 4.23. The van der Waals surface area contributed by atoms with Crippen LogP contribution in [-0.2, 0) is 4.74 Å². The number of alkyl halides is 3. The molecule has 5 heteroatoms. The van der Waals surface area contributed by atoms with E-state index >= 15 is 0 Å². The van der Waals surface area contributed by atoms with Gasteiger partial charge in [0.05, 0.1) is 18.6 Å². The summed E-state index contributed by atoms with van der Waals surface area (Å²) in [5.74, 6) is -1.26. The predicted molar refractivity (Wildman–Crippen MR) is 51.7 cm³/mol. The lowest BCUT2D eigenvalue weighted by Gasteiger charge is -2.34. The molecule has 90 valence electrons.